The molecule has 0 rings (SSSR count). The monoisotopic (exact) mass is 157 g/mol. The van der Waals surface area contributed by atoms with Gasteiger partial charge in [-0.1, -0.05) is 6.08 Å². The third-order valence-corrected chi connectivity index (χ3v) is 0.754. The number of hydrogen-bond acceptors (Lipinski definition) is 1. The Kier molecular flexibility index (Phi) is 3.35. The van der Waals surface area contributed by atoms with Crippen LogP contribution in [0.2, 0.25) is 0 Å². The van der Waals surface area contributed by atoms with Crippen molar-refractivity contribution < 1.29 is 17.6 Å². The van der Waals surface area contributed by atoms with E-state index in [9.17, 15) is 17.6 Å². The second-order valence-corrected chi connectivity index (χ2v) is 1.61. The molecule has 1 atom stereocenters. The maximum atomic E-state index is 11.8. The molecule has 5 heteroatoms. The fourth-order valence-electron chi connectivity index (χ4n) is 0.307. The molecule has 2 N–H and O–H groups in total. The maximum absolute atomic E-state index is 11.8. The maximum Gasteiger partial charge on any atom is 0.423 e. The largest absolute Gasteiger partial charge is 0.423 e. The van der Waals surface area contributed by atoms with Crippen LogP contribution in [0.5, 0.6) is 0 Å². The van der Waals surface area contributed by atoms with Gasteiger partial charge in [-0.15, -0.1) is 0 Å². The Labute approximate surface area is 55.5 Å². The van der Waals surface area contributed by atoms with Crippen LogP contribution in [0.4, 0.5) is 17.6 Å². The first kappa shape index (κ1) is 9.42. The molecular formula is C5H7F4N. The molecule has 0 saturated heterocycles. The summed E-state index contributed by atoms with van der Waals surface area (Å²) in [6.07, 6.45) is -6.37. The molecule has 0 amide bonds. The van der Waals surface area contributed by atoms with Crippen LogP contribution in [0.1, 0.15) is 0 Å². The third kappa shape index (κ3) is 3.45. The van der Waals surface area contributed by atoms with Crippen LogP contribution < -0.4 is 5.73 Å². The zero-order valence-corrected chi connectivity index (χ0v) is 5.03. The fourth-order valence-corrected chi connectivity index (χ4v) is 0.307. The van der Waals surface area contributed by atoms with Crippen molar-refractivity contribution in [3.63, 3.8) is 0 Å². The van der Waals surface area contributed by atoms with Crippen molar-refractivity contribution in [2.75, 3.05) is 6.54 Å². The molecular weight excluding hydrogens is 150 g/mol. The fraction of sp³-hybridized carbons (Fsp3) is 0.600. The number of nitrogens with two attached hydrogens (primary N) is 1. The average molecular weight is 157 g/mol. The third-order valence-electron chi connectivity index (χ3n) is 0.754. The number of hydrogen-bond donors (Lipinski definition) is 1. The Balaban J connectivity index is 3.84. The summed E-state index contributed by atoms with van der Waals surface area (Å²) in [7, 11) is 0. The Hall–Kier alpha value is -0.580. The van der Waals surface area contributed by atoms with Crippen LogP contribution in [-0.4, -0.2) is 18.9 Å². The van der Waals surface area contributed by atoms with E-state index in [1.807, 2.05) is 0 Å². The average Bonchev–Trinajstić information content (AvgIpc) is 1.80. The number of allylic oxidation sites excluding steroid dienone is 1. The number of halogens is 4. The lowest BCUT2D eigenvalue weighted by Gasteiger charge is -2.06. The normalized spacial score (nSPS) is 16.1. The van der Waals surface area contributed by atoms with E-state index in [1.165, 1.54) is 0 Å². The van der Waals surface area contributed by atoms with E-state index in [0.29, 0.717) is 6.08 Å². The summed E-state index contributed by atoms with van der Waals surface area (Å²) in [6, 6.07) is 0. The Morgan fingerprint density at radius 1 is 1.40 bits per heavy atom. The van der Waals surface area contributed by atoms with Crippen LogP contribution in [0, 0.1) is 0 Å². The van der Waals surface area contributed by atoms with Crippen molar-refractivity contribution in [2.45, 2.75) is 12.3 Å². The molecule has 0 aliphatic heterocycles. The van der Waals surface area contributed by atoms with Crippen LogP contribution >= 0.6 is 0 Å². The summed E-state index contributed by atoms with van der Waals surface area (Å²) in [5.41, 5.74) is 4.80. The second kappa shape index (κ2) is 3.55. The van der Waals surface area contributed by atoms with Gasteiger partial charge in [0.25, 0.3) is 0 Å². The molecule has 10 heavy (non-hydrogen) atoms. The zero-order chi connectivity index (χ0) is 8.20. The summed E-state index contributed by atoms with van der Waals surface area (Å²) in [6.45, 7) is -0.0868. The molecule has 0 aliphatic rings. The molecule has 1 unspecified atom stereocenters. The van der Waals surface area contributed by atoms with Crippen molar-refractivity contribution in [1.82, 2.24) is 0 Å². The Bertz CT molecular complexity index is 117. The molecule has 0 aromatic heterocycles. The quantitative estimate of drug-likeness (QED) is 0.476. The molecule has 0 aromatic rings. The van der Waals surface area contributed by atoms with Gasteiger partial charge >= 0.3 is 6.18 Å². The van der Waals surface area contributed by atoms with E-state index < -0.39 is 12.3 Å². The number of alkyl halides is 4. The van der Waals surface area contributed by atoms with Crippen LogP contribution in [0.15, 0.2) is 12.2 Å². The molecule has 0 radical (unpaired) electrons. The van der Waals surface area contributed by atoms with Crippen molar-refractivity contribution >= 4 is 0 Å². The molecule has 0 aliphatic carbocycles. The topological polar surface area (TPSA) is 26.0 Å². The van der Waals surface area contributed by atoms with E-state index in [1.54, 1.807) is 0 Å². The van der Waals surface area contributed by atoms with Crippen molar-refractivity contribution in [2.24, 2.45) is 5.73 Å². The van der Waals surface area contributed by atoms with Gasteiger partial charge in [0.15, 0.2) is 0 Å². The van der Waals surface area contributed by atoms with Gasteiger partial charge in [0.05, 0.1) is 0 Å². The first-order valence-corrected chi connectivity index (χ1v) is 2.56. The van der Waals surface area contributed by atoms with Crippen LogP contribution in [0.3, 0.4) is 0 Å². The summed E-state index contributed by atoms with van der Waals surface area (Å²) in [5, 5.41) is 0. The van der Waals surface area contributed by atoms with Crippen LogP contribution in [-0.2, 0) is 0 Å². The lowest BCUT2D eigenvalue weighted by Crippen LogP contribution is -2.22. The standard InChI is InChI=1S/C5H7F4N/c6-4(2-1-3-10)5(7,8)9/h1-2,4H,3,10H2/b2-1+. The van der Waals surface area contributed by atoms with Gasteiger partial charge in [0, 0.05) is 6.54 Å². The van der Waals surface area contributed by atoms with Gasteiger partial charge in [-0.05, 0) is 6.08 Å². The van der Waals surface area contributed by atoms with Gasteiger partial charge in [-0.25, -0.2) is 4.39 Å². The first-order chi connectivity index (χ1) is 4.48. The van der Waals surface area contributed by atoms with Gasteiger partial charge in [-0.2, -0.15) is 13.2 Å². The van der Waals surface area contributed by atoms with Gasteiger partial charge in [0.1, 0.15) is 0 Å². The summed E-state index contributed by atoms with van der Waals surface area (Å²) in [4.78, 5) is 0. The predicted molar refractivity (Wildman–Crippen MR) is 29.1 cm³/mol. The molecule has 0 heterocycles. The van der Waals surface area contributed by atoms with Crippen molar-refractivity contribution in [3.05, 3.63) is 12.2 Å². The highest BCUT2D eigenvalue weighted by Crippen LogP contribution is 2.23. The lowest BCUT2D eigenvalue weighted by molar-refractivity contribution is -0.166. The van der Waals surface area contributed by atoms with E-state index in [2.05, 4.69) is 0 Å². The molecule has 0 spiro atoms. The Morgan fingerprint density at radius 3 is 2.20 bits per heavy atom. The SMILES string of the molecule is NC/C=C/C(F)C(F)(F)F. The highest BCUT2D eigenvalue weighted by Gasteiger charge is 2.37. The van der Waals surface area contributed by atoms with Gasteiger partial charge in [-0.3, -0.25) is 0 Å². The molecule has 0 saturated carbocycles. The van der Waals surface area contributed by atoms with Crippen molar-refractivity contribution in [3.8, 4) is 0 Å². The Morgan fingerprint density at radius 2 is 1.90 bits per heavy atom. The first-order valence-electron chi connectivity index (χ1n) is 2.56. The van der Waals surface area contributed by atoms with E-state index in [4.69, 9.17) is 5.73 Å². The number of rotatable bonds is 2. The molecule has 60 valence electrons. The van der Waals surface area contributed by atoms with Crippen molar-refractivity contribution in [1.29, 1.82) is 0 Å². The van der Waals surface area contributed by atoms with E-state index >= 15 is 0 Å². The molecule has 0 aromatic carbocycles. The smallest absolute Gasteiger partial charge is 0.327 e. The van der Waals surface area contributed by atoms with Gasteiger partial charge in [0.2, 0.25) is 6.17 Å². The lowest BCUT2D eigenvalue weighted by atomic mass is 10.3. The van der Waals surface area contributed by atoms with E-state index in [0.717, 1.165) is 6.08 Å². The molecule has 1 nitrogen and oxygen atoms in total. The predicted octanol–water partition coefficient (Wildman–Crippen LogP) is 1.40. The van der Waals surface area contributed by atoms with Gasteiger partial charge < -0.3 is 5.73 Å². The van der Waals surface area contributed by atoms with E-state index in [-0.39, 0.29) is 6.54 Å². The zero-order valence-electron chi connectivity index (χ0n) is 5.03. The molecule has 0 fully saturated rings. The minimum Gasteiger partial charge on any atom is -0.327 e. The summed E-state index contributed by atoms with van der Waals surface area (Å²) >= 11 is 0. The minimum atomic E-state index is -4.80. The summed E-state index contributed by atoms with van der Waals surface area (Å²) < 4.78 is 45.7. The molecule has 0 bridgehead atoms. The highest BCUT2D eigenvalue weighted by atomic mass is 19.4. The van der Waals surface area contributed by atoms with Crippen LogP contribution in [0.25, 0.3) is 0 Å². The highest BCUT2D eigenvalue weighted by molar-refractivity contribution is 4.93. The second-order valence-electron chi connectivity index (χ2n) is 1.61. The summed E-state index contributed by atoms with van der Waals surface area (Å²) in [5.74, 6) is 0. The minimum absolute atomic E-state index is 0.0868.